The van der Waals surface area contributed by atoms with Crippen LogP contribution in [0.5, 0.6) is 0 Å². The molecule has 1 aromatic rings. The van der Waals surface area contributed by atoms with E-state index in [2.05, 4.69) is 71.1 Å². The summed E-state index contributed by atoms with van der Waals surface area (Å²) in [5.74, 6) is 1.09. The summed E-state index contributed by atoms with van der Waals surface area (Å²) in [4.78, 5) is 0. The Bertz CT molecular complexity index is 929. The molecule has 0 unspecified atom stereocenters. The van der Waals surface area contributed by atoms with Crippen molar-refractivity contribution in [3.8, 4) is 0 Å². The molecular weight excluding hydrogens is 758 g/mol. The van der Waals surface area contributed by atoms with Gasteiger partial charge in [0.15, 0.2) is 0 Å². The summed E-state index contributed by atoms with van der Waals surface area (Å²) in [5.41, 5.74) is -4.83. The van der Waals surface area contributed by atoms with Gasteiger partial charge in [0.1, 0.15) is 0 Å². The molecule has 0 radical (unpaired) electrons. The minimum atomic E-state index is -5.69. The summed E-state index contributed by atoms with van der Waals surface area (Å²) in [6.07, 6.45) is -22.8. The quantitative estimate of drug-likeness (QED) is 0.300. The molecule has 0 bridgehead atoms. The first-order valence-corrected chi connectivity index (χ1v) is 14.8. The Labute approximate surface area is 239 Å². The van der Waals surface area contributed by atoms with Gasteiger partial charge in [-0.25, -0.2) is 0 Å². The number of hydrogen-bond donors (Lipinski definition) is 2. The molecule has 0 aliphatic rings. The van der Waals surface area contributed by atoms with Gasteiger partial charge >= 0.3 is 151 Å². The van der Waals surface area contributed by atoms with Crippen LogP contribution in [0, 0.1) is 5.41 Å². The molecule has 0 heterocycles. The third kappa shape index (κ3) is 12.8. The van der Waals surface area contributed by atoms with E-state index in [4.69, 9.17) is 13.7 Å². The molecule has 3 nitrogen and oxygen atoms in total. The van der Waals surface area contributed by atoms with Crippen molar-refractivity contribution >= 4 is 10.1 Å². The average Bonchev–Trinajstić information content (AvgIpc) is 2.70. The van der Waals surface area contributed by atoms with Crippen molar-refractivity contribution in [2.45, 2.75) is 110 Å². The maximum atomic E-state index is 11.4. The maximum Gasteiger partial charge on any atom is 0.425 e. The first kappa shape index (κ1) is 41.8. The van der Waals surface area contributed by atoms with Gasteiger partial charge < -0.3 is 10.2 Å². The van der Waals surface area contributed by atoms with Crippen LogP contribution in [0.2, 0.25) is 0 Å². The molecular formula is C25H35F12NO2W. The second-order valence-corrected chi connectivity index (χ2v) is 13.2. The Kier molecular flexibility index (Phi) is 14.7. The van der Waals surface area contributed by atoms with Crippen LogP contribution in [0.15, 0.2) is 21.7 Å². The second-order valence-electron chi connectivity index (χ2n) is 10.9. The van der Waals surface area contributed by atoms with Crippen molar-refractivity contribution in [2.24, 2.45) is 8.91 Å². The second kappa shape index (κ2) is 14.4. The summed E-state index contributed by atoms with van der Waals surface area (Å²) in [5, 5.41) is 15.9. The molecule has 16 heteroatoms. The molecule has 2 N–H and O–H groups in total. The van der Waals surface area contributed by atoms with Crippen LogP contribution < -0.4 is 0 Å². The molecule has 0 saturated carbocycles. The largest absolute Gasteiger partial charge is 0.425 e. The fourth-order valence-electron chi connectivity index (χ4n) is 2.18. The number of rotatable bonds is 3. The molecule has 1 aromatic carbocycles. The molecule has 0 fully saturated rings. The topological polar surface area (TPSA) is 52.8 Å². The molecule has 0 aliphatic carbocycles. The first-order valence-electron chi connectivity index (χ1n) is 11.8. The van der Waals surface area contributed by atoms with Crippen LogP contribution in [0.3, 0.4) is 0 Å². The van der Waals surface area contributed by atoms with E-state index < -0.39 is 53.8 Å². The molecule has 242 valence electrons. The van der Waals surface area contributed by atoms with Crippen LogP contribution in [0.4, 0.5) is 58.4 Å². The minimum absolute atomic E-state index is 0.304. The normalized spacial score (nSPS) is 13.7. The van der Waals surface area contributed by atoms with Gasteiger partial charge in [0.05, 0.1) is 0 Å². The smallest absolute Gasteiger partial charge is 0.374 e. The van der Waals surface area contributed by atoms with E-state index in [0.29, 0.717) is 17.3 Å². The van der Waals surface area contributed by atoms with Crippen molar-refractivity contribution in [3.05, 3.63) is 29.3 Å². The number of hydrogen-bond acceptors (Lipinski definition) is 3. The standard InChI is InChI=1S/C12H17N.C5H10.2C4H4F6O.W/c1-8(2)10-6-5-7-11(9(3)4)12(10)13;1-5(2,3)4;2*1-2(11,3(5,6)7)4(8,9)10;/h5-9H,1-4H3;1H,2-4H3;2*11H,1H3;. The van der Waals surface area contributed by atoms with Gasteiger partial charge in [0.25, 0.3) is 11.2 Å². The zero-order valence-corrected chi connectivity index (χ0v) is 26.7. The van der Waals surface area contributed by atoms with E-state index in [1.807, 2.05) is 0 Å². The maximum absolute atomic E-state index is 11.4. The number of nitrogens with zero attached hydrogens (tertiary/aromatic N) is 1. The van der Waals surface area contributed by atoms with Gasteiger partial charge in [-0.05, 0) is 13.8 Å². The molecule has 0 atom stereocenters. The van der Waals surface area contributed by atoms with E-state index in [1.165, 1.54) is 16.8 Å². The predicted octanol–water partition coefficient (Wildman–Crippen LogP) is 9.40. The van der Waals surface area contributed by atoms with Gasteiger partial charge in [-0.2, -0.15) is 52.7 Å². The van der Waals surface area contributed by atoms with Crippen LogP contribution in [-0.2, 0) is 17.9 Å². The van der Waals surface area contributed by atoms with Gasteiger partial charge in [-0.1, -0.05) is 0 Å². The van der Waals surface area contributed by atoms with E-state index in [9.17, 15) is 52.7 Å². The molecule has 0 saturated heterocycles. The number of alkyl halides is 12. The summed E-state index contributed by atoms with van der Waals surface area (Å²) >= 11 is -0.757. The number of benzene rings is 1. The van der Waals surface area contributed by atoms with E-state index >= 15 is 0 Å². The van der Waals surface area contributed by atoms with Crippen molar-refractivity contribution in [3.63, 3.8) is 0 Å². The van der Waals surface area contributed by atoms with Crippen LogP contribution >= 0.6 is 0 Å². The molecule has 0 spiro atoms. The molecule has 41 heavy (non-hydrogen) atoms. The zero-order chi connectivity index (χ0) is 33.6. The van der Waals surface area contributed by atoms with Crippen LogP contribution in [0.1, 0.15) is 85.3 Å². The first-order chi connectivity index (χ1) is 17.7. The summed E-state index contributed by atoms with van der Waals surface area (Å²) in [6.45, 7) is 15.2. The minimum Gasteiger partial charge on any atom is -0.374 e. The van der Waals surface area contributed by atoms with Crippen molar-refractivity contribution in [1.82, 2.24) is 0 Å². The van der Waals surface area contributed by atoms with E-state index in [-0.39, 0.29) is 13.8 Å². The average molecular weight is 793 g/mol. The van der Waals surface area contributed by atoms with E-state index in [1.54, 1.807) is 0 Å². The Morgan fingerprint density at radius 3 is 1.05 bits per heavy atom. The van der Waals surface area contributed by atoms with Crippen molar-refractivity contribution in [2.75, 3.05) is 0 Å². The fraction of sp³-hybridized carbons (Fsp3) is 0.720. The van der Waals surface area contributed by atoms with Gasteiger partial charge in [-0.15, -0.1) is 0 Å². The Morgan fingerprint density at radius 2 is 0.878 bits per heavy atom. The van der Waals surface area contributed by atoms with Gasteiger partial charge in [0.2, 0.25) is 0 Å². The van der Waals surface area contributed by atoms with Crippen LogP contribution in [-0.4, -0.2) is 50.5 Å². The molecule has 1 rings (SSSR count). The SMILES string of the molecule is CC(C)c1cccc(C(C)C)c1[N]=[W]=[CH]C(C)(C)C.CC(O)(C(F)(F)F)C(F)(F)F.CC(O)(C(F)(F)F)C(F)(F)F. The Hall–Kier alpha value is -1.34. The van der Waals surface area contributed by atoms with Crippen molar-refractivity contribution in [1.29, 1.82) is 0 Å². The molecule has 0 aliphatic heterocycles. The van der Waals surface area contributed by atoms with Crippen LogP contribution in [0.25, 0.3) is 0 Å². The summed E-state index contributed by atoms with van der Waals surface area (Å²) in [6, 6.07) is 6.67. The number of halogens is 12. The van der Waals surface area contributed by atoms with Gasteiger partial charge in [-0.3, -0.25) is 0 Å². The third-order valence-electron chi connectivity index (χ3n) is 5.10. The number of aliphatic hydroxyl groups is 2. The van der Waals surface area contributed by atoms with Gasteiger partial charge in [0, 0.05) is 0 Å². The summed E-state index contributed by atoms with van der Waals surface area (Å²) in [7, 11) is 0. The summed E-state index contributed by atoms with van der Waals surface area (Å²) < 4.78 is 144. The fourth-order valence-corrected chi connectivity index (χ4v) is 4.64. The molecule has 0 amide bonds. The predicted molar refractivity (Wildman–Crippen MR) is 128 cm³/mol. The Morgan fingerprint density at radius 1 is 0.610 bits per heavy atom. The van der Waals surface area contributed by atoms with E-state index in [0.717, 1.165) is 0 Å². The monoisotopic (exact) mass is 793 g/mol. The zero-order valence-electron chi connectivity index (χ0n) is 23.7. The molecule has 0 aromatic heterocycles. The van der Waals surface area contributed by atoms with Crippen molar-refractivity contribution < 1.29 is 80.8 Å². The third-order valence-corrected chi connectivity index (χ3v) is 9.05. The Balaban J connectivity index is 0.